The third-order valence-corrected chi connectivity index (χ3v) is 7.85. The average Bonchev–Trinajstić information content (AvgIpc) is 2.81. The predicted octanol–water partition coefficient (Wildman–Crippen LogP) is 6.50. The lowest BCUT2D eigenvalue weighted by Gasteiger charge is -2.09. The number of rotatable bonds is 5. The largest absolute Gasteiger partial charge is 0.744 e. The SMILES string of the molecule is CC(C)c1ccc([S+](c2ccccc2)c2ccccc2)cc1.O=S(=O)([O-])c1ccccc1. The molecule has 0 aliphatic carbocycles. The minimum atomic E-state index is -4.25. The summed E-state index contributed by atoms with van der Waals surface area (Å²) in [7, 11) is -4.29. The molecule has 0 aliphatic rings. The van der Waals surface area contributed by atoms with E-state index >= 15 is 0 Å². The summed E-state index contributed by atoms with van der Waals surface area (Å²) in [4.78, 5) is 3.92. The summed E-state index contributed by atoms with van der Waals surface area (Å²) in [6, 6.07) is 37.9. The van der Waals surface area contributed by atoms with Gasteiger partial charge in [-0.05, 0) is 60.0 Å². The standard InChI is InChI=1S/C21H21S.C6H6O3S/c1-17(2)18-13-15-21(16-14-18)22(19-9-5-3-6-10-19)20-11-7-4-8-12-20;7-10(8,9)6-4-2-1-3-5-6/h3-17H,1-2H3;1-5H,(H,7,8,9)/q+1;/p-1. The van der Waals surface area contributed by atoms with E-state index in [1.807, 2.05) is 0 Å². The lowest BCUT2D eigenvalue weighted by atomic mass is 10.0. The van der Waals surface area contributed by atoms with E-state index in [1.54, 1.807) is 6.07 Å². The van der Waals surface area contributed by atoms with Crippen LogP contribution in [-0.4, -0.2) is 13.0 Å². The summed E-state index contributed by atoms with van der Waals surface area (Å²) in [6.07, 6.45) is 0. The van der Waals surface area contributed by atoms with E-state index in [1.165, 1.54) is 44.5 Å². The Bertz CT molecular complexity index is 1150. The zero-order chi connectivity index (χ0) is 23.0. The first-order valence-electron chi connectivity index (χ1n) is 10.3. The number of benzene rings is 4. The van der Waals surface area contributed by atoms with Crippen molar-refractivity contribution in [2.75, 3.05) is 0 Å². The maximum atomic E-state index is 10.3. The highest BCUT2D eigenvalue weighted by Crippen LogP contribution is 2.31. The summed E-state index contributed by atoms with van der Waals surface area (Å²) in [5, 5.41) is 0. The zero-order valence-corrected chi connectivity index (χ0v) is 19.7. The van der Waals surface area contributed by atoms with E-state index < -0.39 is 10.1 Å². The molecule has 0 atom stereocenters. The van der Waals surface area contributed by atoms with Gasteiger partial charge in [0.15, 0.2) is 14.7 Å². The Balaban J connectivity index is 0.000000243. The molecule has 0 spiro atoms. The molecule has 3 nitrogen and oxygen atoms in total. The molecule has 0 radical (unpaired) electrons. The lowest BCUT2D eigenvalue weighted by molar-refractivity contribution is 0.463. The van der Waals surface area contributed by atoms with Crippen molar-refractivity contribution in [1.82, 2.24) is 0 Å². The molecule has 164 valence electrons. The van der Waals surface area contributed by atoms with Crippen LogP contribution in [0, 0.1) is 0 Å². The highest BCUT2D eigenvalue weighted by molar-refractivity contribution is 7.97. The topological polar surface area (TPSA) is 57.2 Å². The molecule has 4 aromatic carbocycles. The van der Waals surface area contributed by atoms with Crippen molar-refractivity contribution in [3.63, 3.8) is 0 Å². The first-order valence-corrected chi connectivity index (χ1v) is 12.9. The monoisotopic (exact) mass is 462 g/mol. The smallest absolute Gasteiger partial charge is 0.166 e. The highest BCUT2D eigenvalue weighted by Gasteiger charge is 2.28. The van der Waals surface area contributed by atoms with Gasteiger partial charge in [-0.15, -0.1) is 0 Å². The summed E-state index contributed by atoms with van der Waals surface area (Å²) in [6.45, 7) is 4.48. The number of hydrogen-bond acceptors (Lipinski definition) is 3. The summed E-state index contributed by atoms with van der Waals surface area (Å²) in [5.41, 5.74) is 1.40. The molecular weight excluding hydrogens is 436 g/mol. The molecule has 4 aromatic rings. The van der Waals surface area contributed by atoms with Crippen LogP contribution in [0.2, 0.25) is 0 Å². The van der Waals surface area contributed by atoms with Gasteiger partial charge in [0.2, 0.25) is 0 Å². The van der Waals surface area contributed by atoms with Gasteiger partial charge in [0.1, 0.15) is 10.1 Å². The van der Waals surface area contributed by atoms with Gasteiger partial charge in [0, 0.05) is 0 Å². The van der Waals surface area contributed by atoms with Crippen LogP contribution < -0.4 is 0 Å². The molecule has 5 heteroatoms. The highest BCUT2D eigenvalue weighted by atomic mass is 32.2. The predicted molar refractivity (Wildman–Crippen MR) is 130 cm³/mol. The summed E-state index contributed by atoms with van der Waals surface area (Å²) < 4.78 is 30.8. The summed E-state index contributed by atoms with van der Waals surface area (Å²) >= 11 is 0. The second-order valence-corrected chi connectivity index (χ2v) is 10.8. The first-order chi connectivity index (χ1) is 15.4. The van der Waals surface area contributed by atoms with Crippen molar-refractivity contribution in [3.05, 3.63) is 121 Å². The molecule has 0 saturated carbocycles. The Morgan fingerprint density at radius 3 is 1.31 bits per heavy atom. The molecule has 0 aliphatic heterocycles. The van der Waals surface area contributed by atoms with E-state index in [0.717, 1.165) is 0 Å². The van der Waals surface area contributed by atoms with Crippen LogP contribution in [-0.2, 0) is 21.0 Å². The maximum Gasteiger partial charge on any atom is 0.166 e. The van der Waals surface area contributed by atoms with Crippen molar-refractivity contribution in [1.29, 1.82) is 0 Å². The Labute approximate surface area is 193 Å². The van der Waals surface area contributed by atoms with Crippen molar-refractivity contribution in [2.45, 2.75) is 39.3 Å². The summed E-state index contributed by atoms with van der Waals surface area (Å²) in [5.74, 6) is 0.573. The normalized spacial score (nSPS) is 11.2. The van der Waals surface area contributed by atoms with Crippen LogP contribution in [0.25, 0.3) is 0 Å². The molecule has 0 N–H and O–H groups in total. The molecule has 0 amide bonds. The van der Waals surface area contributed by atoms with Crippen LogP contribution >= 0.6 is 0 Å². The Morgan fingerprint density at radius 1 is 0.594 bits per heavy atom. The average molecular weight is 463 g/mol. The minimum Gasteiger partial charge on any atom is -0.744 e. The van der Waals surface area contributed by atoms with E-state index in [4.69, 9.17) is 0 Å². The second kappa shape index (κ2) is 11.1. The molecular formula is C27H26O3S2. The van der Waals surface area contributed by atoms with E-state index in [2.05, 4.69) is 98.8 Å². The van der Waals surface area contributed by atoms with Crippen LogP contribution in [0.3, 0.4) is 0 Å². The van der Waals surface area contributed by atoms with Crippen LogP contribution in [0.1, 0.15) is 25.3 Å². The molecule has 0 unspecified atom stereocenters. The van der Waals surface area contributed by atoms with Crippen molar-refractivity contribution >= 4 is 21.0 Å². The van der Waals surface area contributed by atoms with Crippen LogP contribution in [0.15, 0.2) is 135 Å². The van der Waals surface area contributed by atoms with Crippen molar-refractivity contribution in [3.8, 4) is 0 Å². The van der Waals surface area contributed by atoms with Gasteiger partial charge >= 0.3 is 0 Å². The molecule has 0 heterocycles. The van der Waals surface area contributed by atoms with Crippen molar-refractivity contribution < 1.29 is 13.0 Å². The van der Waals surface area contributed by atoms with Crippen molar-refractivity contribution in [2.24, 2.45) is 0 Å². The molecule has 4 rings (SSSR count). The minimum absolute atomic E-state index is 0.0361. The quantitative estimate of drug-likeness (QED) is 0.251. The fourth-order valence-electron chi connectivity index (χ4n) is 3.10. The van der Waals surface area contributed by atoms with E-state index in [9.17, 15) is 13.0 Å². The van der Waals surface area contributed by atoms with Gasteiger partial charge in [-0.1, -0.05) is 80.6 Å². The fraction of sp³-hybridized carbons (Fsp3) is 0.111. The van der Waals surface area contributed by atoms with Crippen LogP contribution in [0.5, 0.6) is 0 Å². The Morgan fingerprint density at radius 2 is 0.969 bits per heavy atom. The fourth-order valence-corrected chi connectivity index (χ4v) is 5.67. The van der Waals surface area contributed by atoms with Gasteiger partial charge < -0.3 is 4.55 Å². The van der Waals surface area contributed by atoms with Gasteiger partial charge in [-0.2, -0.15) is 0 Å². The molecule has 32 heavy (non-hydrogen) atoms. The zero-order valence-electron chi connectivity index (χ0n) is 18.1. The van der Waals surface area contributed by atoms with Gasteiger partial charge in [0.25, 0.3) is 0 Å². The molecule has 0 bridgehead atoms. The van der Waals surface area contributed by atoms with Gasteiger partial charge in [0.05, 0.1) is 15.8 Å². The lowest BCUT2D eigenvalue weighted by Crippen LogP contribution is -2.04. The third kappa shape index (κ3) is 6.57. The van der Waals surface area contributed by atoms with Gasteiger partial charge in [-0.25, -0.2) is 8.42 Å². The Kier molecular flexibility index (Phi) is 8.28. The van der Waals surface area contributed by atoms with E-state index in [-0.39, 0.29) is 15.8 Å². The Hall–Kier alpha value is -2.86. The maximum absolute atomic E-state index is 10.3. The van der Waals surface area contributed by atoms with Gasteiger partial charge in [-0.3, -0.25) is 0 Å². The molecule has 0 fully saturated rings. The first kappa shape index (κ1) is 23.8. The number of hydrogen-bond donors (Lipinski definition) is 0. The molecule has 0 aromatic heterocycles. The van der Waals surface area contributed by atoms with Crippen LogP contribution in [0.4, 0.5) is 0 Å². The second-order valence-electron chi connectivity index (χ2n) is 7.42. The molecule has 0 saturated heterocycles. The third-order valence-electron chi connectivity index (χ3n) is 4.77. The van der Waals surface area contributed by atoms with E-state index in [0.29, 0.717) is 5.92 Å².